The molecular weight excluding hydrogens is 248 g/mol. The lowest BCUT2D eigenvalue weighted by molar-refractivity contribution is 0.161. The molecule has 20 heavy (non-hydrogen) atoms. The van der Waals surface area contributed by atoms with Crippen molar-refractivity contribution in [1.82, 2.24) is 15.5 Å². The van der Waals surface area contributed by atoms with E-state index in [0.717, 1.165) is 38.1 Å². The summed E-state index contributed by atoms with van der Waals surface area (Å²) in [7, 11) is 0. The molecule has 1 aliphatic rings. The van der Waals surface area contributed by atoms with E-state index < -0.39 is 0 Å². The Balaban J connectivity index is 2.43. The van der Waals surface area contributed by atoms with E-state index in [1.54, 1.807) is 0 Å². The Morgan fingerprint density at radius 3 is 2.70 bits per heavy atom. The highest BCUT2D eigenvalue weighted by atomic mass is 15.2. The van der Waals surface area contributed by atoms with Gasteiger partial charge in [-0.1, -0.05) is 27.2 Å². The zero-order valence-corrected chi connectivity index (χ0v) is 13.9. The zero-order valence-electron chi connectivity index (χ0n) is 13.9. The fourth-order valence-electron chi connectivity index (χ4n) is 2.70. The summed E-state index contributed by atoms with van der Waals surface area (Å²) in [6, 6.07) is 0.634. The predicted octanol–water partition coefficient (Wildman–Crippen LogP) is 2.46. The first kappa shape index (κ1) is 17.3. The Morgan fingerprint density at radius 1 is 1.25 bits per heavy atom. The van der Waals surface area contributed by atoms with Crippen molar-refractivity contribution in [2.45, 2.75) is 59.4 Å². The molecule has 2 N–H and O–H groups in total. The summed E-state index contributed by atoms with van der Waals surface area (Å²) < 4.78 is 0. The second kappa shape index (κ2) is 10.0. The van der Waals surface area contributed by atoms with Gasteiger partial charge in [0.2, 0.25) is 0 Å². The van der Waals surface area contributed by atoms with Crippen molar-refractivity contribution in [1.29, 1.82) is 0 Å². The zero-order chi connectivity index (χ0) is 14.8. The molecule has 1 rings (SSSR count). The third-order valence-electron chi connectivity index (χ3n) is 3.97. The van der Waals surface area contributed by atoms with Crippen LogP contribution in [0.4, 0.5) is 0 Å². The minimum absolute atomic E-state index is 0.634. The maximum atomic E-state index is 4.78. The van der Waals surface area contributed by atoms with E-state index in [1.165, 1.54) is 32.2 Å². The smallest absolute Gasteiger partial charge is 0.191 e. The number of aliphatic imine (C=N–C) groups is 1. The molecule has 0 radical (unpaired) electrons. The number of likely N-dealkylation sites (tertiary alicyclic amines) is 1. The van der Waals surface area contributed by atoms with E-state index in [1.807, 2.05) is 0 Å². The summed E-state index contributed by atoms with van der Waals surface area (Å²) in [6.07, 6.45) is 5.19. The predicted molar refractivity (Wildman–Crippen MR) is 88.3 cm³/mol. The maximum Gasteiger partial charge on any atom is 0.191 e. The van der Waals surface area contributed by atoms with Crippen LogP contribution in [0.1, 0.15) is 53.4 Å². The molecule has 1 atom stereocenters. The van der Waals surface area contributed by atoms with Crippen LogP contribution in [0.2, 0.25) is 0 Å². The monoisotopic (exact) mass is 282 g/mol. The average molecular weight is 282 g/mol. The molecular formula is C16H34N4. The first-order valence-corrected chi connectivity index (χ1v) is 8.43. The molecule has 0 bridgehead atoms. The van der Waals surface area contributed by atoms with Crippen LogP contribution in [0.15, 0.2) is 4.99 Å². The largest absolute Gasteiger partial charge is 0.357 e. The van der Waals surface area contributed by atoms with Crippen molar-refractivity contribution >= 4 is 5.96 Å². The van der Waals surface area contributed by atoms with Crippen LogP contribution in [0.5, 0.6) is 0 Å². The Kier molecular flexibility index (Phi) is 8.67. The maximum absolute atomic E-state index is 4.78. The molecule has 0 saturated carbocycles. The Labute approximate surface area is 125 Å². The van der Waals surface area contributed by atoms with Gasteiger partial charge in [0.25, 0.3) is 0 Å². The van der Waals surface area contributed by atoms with Crippen molar-refractivity contribution in [2.24, 2.45) is 10.9 Å². The minimum atomic E-state index is 0.634. The van der Waals surface area contributed by atoms with Crippen LogP contribution in [0, 0.1) is 5.92 Å². The fraction of sp³-hybridized carbons (Fsp3) is 0.938. The van der Waals surface area contributed by atoms with E-state index in [0.29, 0.717) is 6.04 Å². The van der Waals surface area contributed by atoms with Crippen LogP contribution in [0.3, 0.4) is 0 Å². The molecule has 1 saturated heterocycles. The molecule has 118 valence electrons. The van der Waals surface area contributed by atoms with E-state index in [9.17, 15) is 0 Å². The van der Waals surface area contributed by atoms with E-state index in [4.69, 9.17) is 4.99 Å². The number of nitrogens with zero attached hydrogens (tertiary/aromatic N) is 2. The Hall–Kier alpha value is -0.770. The van der Waals surface area contributed by atoms with Gasteiger partial charge in [-0.3, -0.25) is 9.89 Å². The fourth-order valence-corrected chi connectivity index (χ4v) is 2.70. The van der Waals surface area contributed by atoms with Gasteiger partial charge < -0.3 is 10.6 Å². The van der Waals surface area contributed by atoms with Crippen molar-refractivity contribution in [3.8, 4) is 0 Å². The minimum Gasteiger partial charge on any atom is -0.357 e. The normalized spacial score (nSPS) is 21.2. The van der Waals surface area contributed by atoms with E-state index in [-0.39, 0.29) is 0 Å². The average Bonchev–Trinajstić information content (AvgIpc) is 2.44. The van der Waals surface area contributed by atoms with Crippen LogP contribution in [-0.4, -0.2) is 49.6 Å². The number of rotatable bonds is 7. The number of piperidine rings is 1. The number of hydrogen-bond acceptors (Lipinski definition) is 2. The van der Waals surface area contributed by atoms with Gasteiger partial charge in [-0.15, -0.1) is 0 Å². The first-order chi connectivity index (χ1) is 9.67. The molecule has 0 aromatic rings. The van der Waals surface area contributed by atoms with Crippen LogP contribution in [-0.2, 0) is 0 Å². The Morgan fingerprint density at radius 2 is 2.05 bits per heavy atom. The first-order valence-electron chi connectivity index (χ1n) is 8.43. The lowest BCUT2D eigenvalue weighted by atomic mass is 10.0. The summed E-state index contributed by atoms with van der Waals surface area (Å²) in [4.78, 5) is 7.36. The summed E-state index contributed by atoms with van der Waals surface area (Å²) in [5.74, 6) is 1.72. The van der Waals surface area contributed by atoms with E-state index >= 15 is 0 Å². The molecule has 0 spiro atoms. The lowest BCUT2D eigenvalue weighted by Gasteiger charge is -2.34. The summed E-state index contributed by atoms with van der Waals surface area (Å²) in [6.45, 7) is 14.1. The lowest BCUT2D eigenvalue weighted by Crippen LogP contribution is -2.43. The SMILES string of the molecule is CCNC(=NCC1CCCCN1CC)NCCC(C)C. The number of guanidine groups is 1. The second-order valence-corrected chi connectivity index (χ2v) is 6.11. The molecule has 4 nitrogen and oxygen atoms in total. The van der Waals surface area contributed by atoms with Crippen LogP contribution in [0.25, 0.3) is 0 Å². The van der Waals surface area contributed by atoms with Crippen LogP contribution >= 0.6 is 0 Å². The molecule has 1 heterocycles. The highest BCUT2D eigenvalue weighted by molar-refractivity contribution is 5.79. The van der Waals surface area contributed by atoms with Crippen molar-refractivity contribution < 1.29 is 0 Å². The molecule has 0 aromatic carbocycles. The standard InChI is InChI=1S/C16H34N4/c1-5-17-16(18-11-10-14(3)4)19-13-15-9-7-8-12-20(15)6-2/h14-15H,5-13H2,1-4H3,(H2,17,18,19). The Bertz CT molecular complexity index is 276. The third kappa shape index (κ3) is 6.60. The van der Waals surface area contributed by atoms with E-state index in [2.05, 4.69) is 43.2 Å². The third-order valence-corrected chi connectivity index (χ3v) is 3.97. The van der Waals surface area contributed by atoms with Gasteiger partial charge in [-0.25, -0.2) is 0 Å². The van der Waals surface area contributed by atoms with Gasteiger partial charge >= 0.3 is 0 Å². The van der Waals surface area contributed by atoms with Gasteiger partial charge in [-0.2, -0.15) is 0 Å². The van der Waals surface area contributed by atoms with Gasteiger partial charge in [0.05, 0.1) is 6.54 Å². The molecule has 0 amide bonds. The summed E-state index contributed by atoms with van der Waals surface area (Å²) >= 11 is 0. The molecule has 0 aliphatic carbocycles. The number of likely N-dealkylation sites (N-methyl/N-ethyl adjacent to an activating group) is 1. The molecule has 1 fully saturated rings. The highest BCUT2D eigenvalue weighted by Crippen LogP contribution is 2.16. The molecule has 0 aromatic heterocycles. The topological polar surface area (TPSA) is 39.7 Å². The van der Waals surface area contributed by atoms with Crippen LogP contribution < -0.4 is 10.6 Å². The van der Waals surface area contributed by atoms with Crippen molar-refractivity contribution in [2.75, 3.05) is 32.7 Å². The molecule has 1 unspecified atom stereocenters. The molecule has 4 heteroatoms. The summed E-state index contributed by atoms with van der Waals surface area (Å²) in [5.41, 5.74) is 0. The number of hydrogen-bond donors (Lipinski definition) is 2. The second-order valence-electron chi connectivity index (χ2n) is 6.11. The van der Waals surface area contributed by atoms with Gasteiger partial charge in [0, 0.05) is 19.1 Å². The van der Waals surface area contributed by atoms with Gasteiger partial charge in [0.15, 0.2) is 5.96 Å². The quantitative estimate of drug-likeness (QED) is 0.556. The number of nitrogens with one attached hydrogen (secondary N) is 2. The highest BCUT2D eigenvalue weighted by Gasteiger charge is 2.20. The van der Waals surface area contributed by atoms with Gasteiger partial charge in [-0.05, 0) is 45.2 Å². The van der Waals surface area contributed by atoms with Gasteiger partial charge in [0.1, 0.15) is 0 Å². The molecule has 1 aliphatic heterocycles. The van der Waals surface area contributed by atoms with Crippen molar-refractivity contribution in [3.63, 3.8) is 0 Å². The van der Waals surface area contributed by atoms with Crippen molar-refractivity contribution in [3.05, 3.63) is 0 Å². The summed E-state index contributed by atoms with van der Waals surface area (Å²) in [5, 5.41) is 6.79.